The number of amides is 1. The third kappa shape index (κ3) is 5.25. The highest BCUT2D eigenvalue weighted by molar-refractivity contribution is 5.81. The van der Waals surface area contributed by atoms with Crippen LogP contribution in [0.2, 0.25) is 0 Å². The summed E-state index contributed by atoms with van der Waals surface area (Å²) in [5.41, 5.74) is 3.29. The zero-order valence-electron chi connectivity index (χ0n) is 16.3. The molecule has 2 rings (SSSR count). The normalized spacial score (nSPS) is 13.0. The lowest BCUT2D eigenvalue weighted by atomic mass is 10.1. The van der Waals surface area contributed by atoms with Crippen LogP contribution in [0.5, 0.6) is 11.5 Å². The number of rotatable bonds is 8. The van der Waals surface area contributed by atoms with E-state index in [2.05, 4.69) is 5.32 Å². The Kier molecular flexibility index (Phi) is 7.07. The minimum atomic E-state index is -0.517. The largest absolute Gasteiger partial charge is 0.491 e. The number of aryl methyl sites for hydroxylation is 2. The first-order valence-corrected chi connectivity index (χ1v) is 9.14. The van der Waals surface area contributed by atoms with Crippen molar-refractivity contribution in [3.63, 3.8) is 0 Å². The maximum absolute atomic E-state index is 12.6. The maximum Gasteiger partial charge on any atom is 0.261 e. The Morgan fingerprint density at radius 3 is 2.35 bits per heavy atom. The summed E-state index contributed by atoms with van der Waals surface area (Å²) in [5, 5.41) is 2.99. The van der Waals surface area contributed by atoms with Crippen molar-refractivity contribution in [3.8, 4) is 11.5 Å². The van der Waals surface area contributed by atoms with E-state index in [4.69, 9.17) is 9.47 Å². The molecule has 0 heterocycles. The van der Waals surface area contributed by atoms with Crippen LogP contribution in [0.3, 0.4) is 0 Å². The molecule has 2 aromatic carbocycles. The Morgan fingerprint density at radius 2 is 1.65 bits per heavy atom. The molecular formula is C22H29NO3. The minimum Gasteiger partial charge on any atom is -0.491 e. The standard InChI is InChI=1S/C22H29NO3/c1-6-19(26-21-13-9-11-15(2)18(21)5)22(24)23-17(4)14-25-20-12-8-7-10-16(20)3/h7-13,17,19H,6,14H2,1-5H3,(H,23,24). The van der Waals surface area contributed by atoms with Crippen molar-refractivity contribution in [1.29, 1.82) is 0 Å². The fourth-order valence-corrected chi connectivity index (χ4v) is 2.64. The van der Waals surface area contributed by atoms with E-state index in [1.807, 2.05) is 77.1 Å². The summed E-state index contributed by atoms with van der Waals surface area (Å²) in [6.45, 7) is 10.3. The highest BCUT2D eigenvalue weighted by atomic mass is 16.5. The van der Waals surface area contributed by atoms with Gasteiger partial charge >= 0.3 is 0 Å². The smallest absolute Gasteiger partial charge is 0.261 e. The Morgan fingerprint density at radius 1 is 1.00 bits per heavy atom. The third-order valence-electron chi connectivity index (χ3n) is 4.46. The summed E-state index contributed by atoms with van der Waals surface area (Å²) in [6.07, 6.45) is 0.0846. The van der Waals surface area contributed by atoms with Gasteiger partial charge in [0.05, 0.1) is 6.04 Å². The number of carbonyl (C=O) groups is 1. The topological polar surface area (TPSA) is 47.6 Å². The van der Waals surface area contributed by atoms with Gasteiger partial charge in [0, 0.05) is 0 Å². The summed E-state index contributed by atoms with van der Waals surface area (Å²) in [5.74, 6) is 1.48. The predicted octanol–water partition coefficient (Wildman–Crippen LogP) is 4.35. The molecule has 0 aliphatic carbocycles. The monoisotopic (exact) mass is 355 g/mol. The average Bonchev–Trinajstić information content (AvgIpc) is 2.62. The van der Waals surface area contributed by atoms with Crippen molar-refractivity contribution >= 4 is 5.91 Å². The summed E-state index contributed by atoms with van der Waals surface area (Å²) in [4.78, 5) is 12.6. The van der Waals surface area contributed by atoms with E-state index in [1.165, 1.54) is 0 Å². The lowest BCUT2D eigenvalue weighted by molar-refractivity contribution is -0.129. The van der Waals surface area contributed by atoms with Gasteiger partial charge in [-0.3, -0.25) is 4.79 Å². The van der Waals surface area contributed by atoms with Crippen LogP contribution >= 0.6 is 0 Å². The van der Waals surface area contributed by atoms with Gasteiger partial charge in [-0.25, -0.2) is 0 Å². The van der Waals surface area contributed by atoms with Crippen LogP contribution in [-0.4, -0.2) is 24.7 Å². The van der Waals surface area contributed by atoms with Crippen molar-refractivity contribution in [2.75, 3.05) is 6.61 Å². The van der Waals surface area contributed by atoms with Crippen molar-refractivity contribution in [2.45, 2.75) is 53.2 Å². The van der Waals surface area contributed by atoms with Crippen LogP contribution in [0.25, 0.3) is 0 Å². The zero-order valence-corrected chi connectivity index (χ0v) is 16.3. The molecule has 0 saturated carbocycles. The number of hydrogen-bond acceptors (Lipinski definition) is 3. The van der Waals surface area contributed by atoms with Gasteiger partial charge in [-0.15, -0.1) is 0 Å². The molecule has 140 valence electrons. The van der Waals surface area contributed by atoms with Crippen molar-refractivity contribution in [2.24, 2.45) is 0 Å². The molecule has 0 bridgehead atoms. The number of nitrogens with one attached hydrogen (secondary N) is 1. The van der Waals surface area contributed by atoms with Gasteiger partial charge in [0.25, 0.3) is 5.91 Å². The van der Waals surface area contributed by atoms with Crippen molar-refractivity contribution in [3.05, 3.63) is 59.2 Å². The molecule has 4 heteroatoms. The summed E-state index contributed by atoms with van der Waals surface area (Å²) >= 11 is 0. The Labute approximate surface area is 156 Å². The van der Waals surface area contributed by atoms with E-state index in [9.17, 15) is 4.79 Å². The lowest BCUT2D eigenvalue weighted by Crippen LogP contribution is -2.44. The van der Waals surface area contributed by atoms with Gasteiger partial charge in [0.1, 0.15) is 18.1 Å². The quantitative estimate of drug-likeness (QED) is 0.766. The van der Waals surface area contributed by atoms with Crippen LogP contribution < -0.4 is 14.8 Å². The van der Waals surface area contributed by atoms with E-state index in [1.54, 1.807) is 0 Å². The number of hydrogen-bond donors (Lipinski definition) is 1. The van der Waals surface area contributed by atoms with E-state index in [0.717, 1.165) is 28.2 Å². The van der Waals surface area contributed by atoms with Crippen LogP contribution in [0, 0.1) is 20.8 Å². The van der Waals surface area contributed by atoms with Crippen molar-refractivity contribution in [1.82, 2.24) is 5.32 Å². The predicted molar refractivity (Wildman–Crippen MR) is 105 cm³/mol. The van der Waals surface area contributed by atoms with Gasteiger partial charge < -0.3 is 14.8 Å². The molecule has 0 aliphatic rings. The molecule has 4 nitrogen and oxygen atoms in total. The Bertz CT molecular complexity index is 742. The molecule has 0 aliphatic heterocycles. The Hall–Kier alpha value is -2.49. The fraction of sp³-hybridized carbons (Fsp3) is 0.409. The van der Waals surface area contributed by atoms with Gasteiger partial charge in [-0.05, 0) is 62.9 Å². The third-order valence-corrected chi connectivity index (χ3v) is 4.46. The van der Waals surface area contributed by atoms with Crippen LogP contribution in [0.1, 0.15) is 37.0 Å². The van der Waals surface area contributed by atoms with Crippen LogP contribution in [0.4, 0.5) is 0 Å². The highest BCUT2D eigenvalue weighted by Gasteiger charge is 2.21. The average molecular weight is 355 g/mol. The lowest BCUT2D eigenvalue weighted by Gasteiger charge is -2.22. The summed E-state index contributed by atoms with van der Waals surface area (Å²) in [7, 11) is 0. The highest BCUT2D eigenvalue weighted by Crippen LogP contribution is 2.22. The first kappa shape index (κ1) is 19.8. The molecule has 0 radical (unpaired) electrons. The molecular weight excluding hydrogens is 326 g/mol. The van der Waals surface area contributed by atoms with Crippen LogP contribution in [-0.2, 0) is 4.79 Å². The van der Waals surface area contributed by atoms with Gasteiger partial charge in [0.15, 0.2) is 6.10 Å². The fourth-order valence-electron chi connectivity index (χ4n) is 2.64. The van der Waals surface area contributed by atoms with Crippen molar-refractivity contribution < 1.29 is 14.3 Å². The number of benzene rings is 2. The minimum absolute atomic E-state index is 0.113. The van der Waals surface area contributed by atoms with Gasteiger partial charge in [-0.1, -0.05) is 37.3 Å². The molecule has 2 atom stereocenters. The van der Waals surface area contributed by atoms with E-state index < -0.39 is 6.10 Å². The molecule has 26 heavy (non-hydrogen) atoms. The van der Waals surface area contributed by atoms with E-state index in [-0.39, 0.29) is 11.9 Å². The molecule has 1 N–H and O–H groups in total. The summed E-state index contributed by atoms with van der Waals surface area (Å²) in [6, 6.07) is 13.6. The van der Waals surface area contributed by atoms with Gasteiger partial charge in [-0.2, -0.15) is 0 Å². The molecule has 2 unspecified atom stereocenters. The maximum atomic E-state index is 12.6. The number of carbonyl (C=O) groups excluding carboxylic acids is 1. The van der Waals surface area contributed by atoms with Gasteiger partial charge in [0.2, 0.25) is 0 Å². The van der Waals surface area contributed by atoms with Crippen LogP contribution in [0.15, 0.2) is 42.5 Å². The Balaban J connectivity index is 1.91. The summed E-state index contributed by atoms with van der Waals surface area (Å²) < 4.78 is 11.8. The second-order valence-corrected chi connectivity index (χ2v) is 6.70. The van der Waals surface area contributed by atoms with E-state index >= 15 is 0 Å². The first-order chi connectivity index (χ1) is 12.4. The zero-order chi connectivity index (χ0) is 19.1. The SMILES string of the molecule is CCC(Oc1cccc(C)c1C)C(=O)NC(C)COc1ccccc1C. The molecule has 0 fully saturated rings. The second kappa shape index (κ2) is 9.27. The number of ether oxygens (including phenoxy) is 2. The molecule has 2 aromatic rings. The molecule has 1 amide bonds. The molecule has 0 saturated heterocycles. The number of para-hydroxylation sites is 1. The molecule has 0 spiro atoms. The first-order valence-electron chi connectivity index (χ1n) is 9.14. The van der Waals surface area contributed by atoms with E-state index in [0.29, 0.717) is 13.0 Å². The second-order valence-electron chi connectivity index (χ2n) is 6.70. The molecule has 0 aromatic heterocycles.